The highest BCUT2D eigenvalue weighted by atomic mass is 127. The van der Waals surface area contributed by atoms with Gasteiger partial charge in [0.25, 0.3) is 0 Å². The van der Waals surface area contributed by atoms with Crippen molar-refractivity contribution < 1.29 is 0 Å². The first kappa shape index (κ1) is 20.5. The van der Waals surface area contributed by atoms with Crippen LogP contribution >= 0.6 is 24.0 Å². The van der Waals surface area contributed by atoms with Crippen molar-refractivity contribution in [2.75, 3.05) is 6.54 Å². The molecule has 0 radical (unpaired) electrons. The van der Waals surface area contributed by atoms with Crippen molar-refractivity contribution in [3.8, 4) is 0 Å². The van der Waals surface area contributed by atoms with Gasteiger partial charge >= 0.3 is 0 Å². The summed E-state index contributed by atoms with van der Waals surface area (Å²) >= 11 is 0. The summed E-state index contributed by atoms with van der Waals surface area (Å²) < 4.78 is 4.02. The Morgan fingerprint density at radius 3 is 2.71 bits per heavy atom. The number of hydrogen-bond acceptors (Lipinski definition) is 3. The van der Waals surface area contributed by atoms with Crippen molar-refractivity contribution in [2.45, 2.75) is 40.4 Å². The molecular weight excluding hydrogens is 417 g/mol. The SMILES string of the molecule is CCNC(=NCc1ccnn1C)NCc1nccn1CC(C)C.I. The Bertz CT molecular complexity index is 630. The van der Waals surface area contributed by atoms with Crippen LogP contribution < -0.4 is 10.6 Å². The zero-order valence-electron chi connectivity index (χ0n) is 14.9. The van der Waals surface area contributed by atoms with Crippen molar-refractivity contribution in [1.29, 1.82) is 0 Å². The number of nitrogens with one attached hydrogen (secondary N) is 2. The summed E-state index contributed by atoms with van der Waals surface area (Å²) in [5.74, 6) is 2.40. The van der Waals surface area contributed by atoms with E-state index in [9.17, 15) is 0 Å². The minimum Gasteiger partial charge on any atom is -0.357 e. The molecular formula is C16H28IN7. The summed E-state index contributed by atoms with van der Waals surface area (Å²) in [6.45, 7) is 9.49. The Balaban J connectivity index is 0.00000288. The molecule has 2 rings (SSSR count). The molecule has 0 saturated carbocycles. The van der Waals surface area contributed by atoms with Crippen LogP contribution in [0.15, 0.2) is 29.6 Å². The predicted octanol–water partition coefficient (Wildman–Crippen LogP) is 2.15. The van der Waals surface area contributed by atoms with Crippen molar-refractivity contribution in [2.24, 2.45) is 18.0 Å². The van der Waals surface area contributed by atoms with E-state index in [0.717, 1.165) is 30.6 Å². The van der Waals surface area contributed by atoms with E-state index >= 15 is 0 Å². The molecule has 0 atom stereocenters. The average molecular weight is 445 g/mol. The van der Waals surface area contributed by atoms with Gasteiger partial charge in [-0.2, -0.15) is 5.10 Å². The predicted molar refractivity (Wildman–Crippen MR) is 107 cm³/mol. The van der Waals surface area contributed by atoms with Crippen LogP contribution in [0.2, 0.25) is 0 Å². The van der Waals surface area contributed by atoms with Gasteiger partial charge in [0.15, 0.2) is 5.96 Å². The minimum atomic E-state index is 0. The number of rotatable bonds is 7. The van der Waals surface area contributed by atoms with Gasteiger partial charge < -0.3 is 15.2 Å². The second kappa shape index (κ2) is 10.3. The van der Waals surface area contributed by atoms with Gasteiger partial charge in [-0.15, -0.1) is 24.0 Å². The number of aromatic nitrogens is 4. The van der Waals surface area contributed by atoms with E-state index in [0.29, 0.717) is 19.0 Å². The van der Waals surface area contributed by atoms with Crippen LogP contribution in [0.3, 0.4) is 0 Å². The Morgan fingerprint density at radius 1 is 1.29 bits per heavy atom. The van der Waals surface area contributed by atoms with Gasteiger partial charge in [-0.3, -0.25) is 4.68 Å². The van der Waals surface area contributed by atoms with Crippen molar-refractivity contribution in [3.05, 3.63) is 36.2 Å². The summed E-state index contributed by atoms with van der Waals surface area (Å²) in [5, 5.41) is 10.8. The lowest BCUT2D eigenvalue weighted by atomic mass is 10.2. The molecule has 134 valence electrons. The third kappa shape index (κ3) is 6.14. The maximum Gasteiger partial charge on any atom is 0.192 e. The molecule has 0 aliphatic rings. The number of imidazole rings is 1. The first-order valence-electron chi connectivity index (χ1n) is 8.09. The van der Waals surface area contributed by atoms with E-state index < -0.39 is 0 Å². The molecule has 0 bridgehead atoms. The summed E-state index contributed by atoms with van der Waals surface area (Å²) in [6.07, 6.45) is 5.66. The molecule has 24 heavy (non-hydrogen) atoms. The van der Waals surface area contributed by atoms with Gasteiger partial charge in [-0.05, 0) is 18.9 Å². The van der Waals surface area contributed by atoms with Crippen molar-refractivity contribution in [1.82, 2.24) is 30.0 Å². The highest BCUT2D eigenvalue weighted by molar-refractivity contribution is 14.0. The fraction of sp³-hybridized carbons (Fsp3) is 0.562. The van der Waals surface area contributed by atoms with E-state index in [4.69, 9.17) is 0 Å². The molecule has 0 aliphatic carbocycles. The quantitative estimate of drug-likeness (QED) is 0.389. The van der Waals surface area contributed by atoms with Crippen molar-refractivity contribution >= 4 is 29.9 Å². The fourth-order valence-electron chi connectivity index (χ4n) is 2.29. The van der Waals surface area contributed by atoms with Crippen LogP contribution in [0.5, 0.6) is 0 Å². The topological polar surface area (TPSA) is 72.1 Å². The molecule has 2 aromatic rings. The molecule has 0 saturated heterocycles. The molecule has 7 nitrogen and oxygen atoms in total. The zero-order chi connectivity index (χ0) is 16.7. The minimum absolute atomic E-state index is 0. The third-order valence-corrected chi connectivity index (χ3v) is 3.44. The lowest BCUT2D eigenvalue weighted by Crippen LogP contribution is -2.37. The van der Waals surface area contributed by atoms with E-state index in [1.54, 1.807) is 6.20 Å². The van der Waals surface area contributed by atoms with Crippen LogP contribution in [-0.4, -0.2) is 31.8 Å². The molecule has 0 fully saturated rings. The molecule has 2 heterocycles. The van der Waals surface area contributed by atoms with Crippen LogP contribution in [0.25, 0.3) is 0 Å². The fourth-order valence-corrected chi connectivity index (χ4v) is 2.29. The van der Waals surface area contributed by atoms with E-state index in [1.165, 1.54) is 0 Å². The molecule has 0 unspecified atom stereocenters. The first-order valence-corrected chi connectivity index (χ1v) is 8.09. The van der Waals surface area contributed by atoms with Crippen LogP contribution in [0.1, 0.15) is 32.3 Å². The van der Waals surface area contributed by atoms with Crippen LogP contribution in [0.4, 0.5) is 0 Å². The number of hydrogen-bond donors (Lipinski definition) is 2. The number of aryl methyl sites for hydroxylation is 1. The average Bonchev–Trinajstić information content (AvgIpc) is 3.10. The van der Waals surface area contributed by atoms with Gasteiger partial charge in [0.05, 0.1) is 18.8 Å². The highest BCUT2D eigenvalue weighted by Crippen LogP contribution is 2.03. The molecule has 8 heteroatoms. The molecule has 2 aromatic heterocycles. The molecule has 0 amide bonds. The molecule has 0 aliphatic heterocycles. The van der Waals surface area contributed by atoms with Gasteiger partial charge in [-0.1, -0.05) is 13.8 Å². The van der Waals surface area contributed by atoms with Gasteiger partial charge in [-0.25, -0.2) is 9.98 Å². The van der Waals surface area contributed by atoms with Gasteiger partial charge in [0, 0.05) is 38.7 Å². The van der Waals surface area contributed by atoms with Gasteiger partial charge in [0.2, 0.25) is 0 Å². The lowest BCUT2D eigenvalue weighted by Gasteiger charge is -2.13. The molecule has 0 aromatic carbocycles. The first-order chi connectivity index (χ1) is 11.1. The summed E-state index contributed by atoms with van der Waals surface area (Å²) in [4.78, 5) is 9.03. The molecule has 2 N–H and O–H groups in total. The van der Waals surface area contributed by atoms with Gasteiger partial charge in [0.1, 0.15) is 5.82 Å². The van der Waals surface area contributed by atoms with Crippen molar-refractivity contribution in [3.63, 3.8) is 0 Å². The largest absolute Gasteiger partial charge is 0.357 e. The van der Waals surface area contributed by atoms with E-state index in [1.807, 2.05) is 30.2 Å². The third-order valence-electron chi connectivity index (χ3n) is 3.44. The summed E-state index contributed by atoms with van der Waals surface area (Å²) in [6, 6.07) is 1.97. The normalized spacial score (nSPS) is 11.5. The Kier molecular flexibility index (Phi) is 8.80. The van der Waals surface area contributed by atoms with Crippen LogP contribution in [0, 0.1) is 5.92 Å². The zero-order valence-corrected chi connectivity index (χ0v) is 17.2. The van der Waals surface area contributed by atoms with E-state index in [2.05, 4.69) is 51.0 Å². The lowest BCUT2D eigenvalue weighted by molar-refractivity contribution is 0.503. The molecule has 0 spiro atoms. The van der Waals surface area contributed by atoms with E-state index in [-0.39, 0.29) is 24.0 Å². The monoisotopic (exact) mass is 445 g/mol. The Labute approximate surface area is 161 Å². The summed E-state index contributed by atoms with van der Waals surface area (Å²) in [5.41, 5.74) is 1.07. The number of aliphatic imine (C=N–C) groups is 1. The Morgan fingerprint density at radius 2 is 2.08 bits per heavy atom. The second-order valence-corrected chi connectivity index (χ2v) is 5.88. The maximum absolute atomic E-state index is 4.60. The summed E-state index contributed by atoms with van der Waals surface area (Å²) in [7, 11) is 1.92. The number of nitrogens with zero attached hydrogens (tertiary/aromatic N) is 5. The maximum atomic E-state index is 4.60. The Hall–Kier alpha value is -1.58. The number of guanidine groups is 1. The number of halogens is 1. The van der Waals surface area contributed by atoms with Crippen LogP contribution in [-0.2, 0) is 26.7 Å². The smallest absolute Gasteiger partial charge is 0.192 e. The highest BCUT2D eigenvalue weighted by Gasteiger charge is 2.06. The standard InChI is InChI=1S/C16H27N7.HI/c1-5-17-16(19-10-14-6-7-21-22(14)4)20-11-15-18-8-9-23(15)12-13(2)3;/h6-9,13H,5,10-12H2,1-4H3,(H2,17,19,20);1H. The second-order valence-electron chi connectivity index (χ2n) is 5.88.